The van der Waals surface area contributed by atoms with E-state index in [9.17, 15) is 4.79 Å². The van der Waals surface area contributed by atoms with Crippen LogP contribution in [0.2, 0.25) is 5.02 Å². The molecular formula is C14H19ClN2OS. The maximum absolute atomic E-state index is 12.1. The van der Waals surface area contributed by atoms with E-state index in [4.69, 9.17) is 11.6 Å². The van der Waals surface area contributed by atoms with Crippen LogP contribution in [-0.2, 0) is 4.79 Å². The van der Waals surface area contributed by atoms with Crippen LogP contribution in [0.25, 0.3) is 0 Å². The van der Waals surface area contributed by atoms with E-state index in [1.165, 1.54) is 31.0 Å². The van der Waals surface area contributed by atoms with E-state index in [0.29, 0.717) is 11.1 Å². The number of pyridine rings is 1. The predicted molar refractivity (Wildman–Crippen MR) is 79.6 cm³/mol. The minimum atomic E-state index is -0.172. The van der Waals surface area contributed by atoms with Crippen LogP contribution in [0.15, 0.2) is 23.4 Å². The molecule has 0 aromatic carbocycles. The van der Waals surface area contributed by atoms with Gasteiger partial charge >= 0.3 is 0 Å². The fourth-order valence-electron chi connectivity index (χ4n) is 2.24. The van der Waals surface area contributed by atoms with Gasteiger partial charge in [-0.2, -0.15) is 0 Å². The molecule has 0 spiro atoms. The third kappa shape index (κ3) is 4.39. The number of hydrogen-bond acceptors (Lipinski definition) is 3. The molecule has 1 aromatic heterocycles. The van der Waals surface area contributed by atoms with E-state index in [0.717, 1.165) is 17.9 Å². The number of aromatic nitrogens is 1. The number of amides is 1. The Labute approximate surface area is 123 Å². The van der Waals surface area contributed by atoms with Gasteiger partial charge in [-0.05, 0) is 31.9 Å². The van der Waals surface area contributed by atoms with E-state index in [1.807, 2.05) is 6.92 Å². The minimum absolute atomic E-state index is 0.0821. The third-order valence-electron chi connectivity index (χ3n) is 3.33. The summed E-state index contributed by atoms with van der Waals surface area (Å²) in [6, 6.07) is 3.94. The quantitative estimate of drug-likeness (QED) is 0.863. The van der Waals surface area contributed by atoms with Gasteiger partial charge in [0.25, 0.3) is 0 Å². The van der Waals surface area contributed by atoms with Crippen molar-refractivity contribution in [3.05, 3.63) is 23.4 Å². The van der Waals surface area contributed by atoms with E-state index in [-0.39, 0.29) is 11.2 Å². The molecule has 0 radical (unpaired) electrons. The molecule has 1 aliphatic rings. The Bertz CT molecular complexity index is 435. The smallest absolute Gasteiger partial charge is 0.233 e. The van der Waals surface area contributed by atoms with Crippen LogP contribution in [0.1, 0.15) is 39.0 Å². The van der Waals surface area contributed by atoms with Gasteiger partial charge in [0.1, 0.15) is 5.03 Å². The molecule has 1 saturated carbocycles. The molecule has 3 nitrogen and oxygen atoms in total. The highest BCUT2D eigenvalue weighted by atomic mass is 35.5. The molecule has 1 atom stereocenters. The number of carbonyl (C=O) groups is 1. The molecule has 1 heterocycles. The van der Waals surface area contributed by atoms with Crippen LogP contribution in [0, 0.1) is 0 Å². The van der Waals surface area contributed by atoms with Crippen LogP contribution in [0.4, 0.5) is 0 Å². The van der Waals surface area contributed by atoms with E-state index in [2.05, 4.69) is 10.3 Å². The molecule has 0 bridgehead atoms. The molecule has 0 aliphatic heterocycles. The van der Waals surface area contributed by atoms with Gasteiger partial charge in [-0.15, -0.1) is 0 Å². The molecule has 1 aliphatic carbocycles. The molecule has 19 heavy (non-hydrogen) atoms. The molecule has 0 unspecified atom stereocenters. The lowest BCUT2D eigenvalue weighted by molar-refractivity contribution is -0.121. The Hall–Kier alpha value is -0.740. The molecule has 104 valence electrons. The predicted octanol–water partition coefficient (Wildman–Crippen LogP) is 3.66. The van der Waals surface area contributed by atoms with Crippen molar-refractivity contribution in [2.75, 3.05) is 0 Å². The molecule has 5 heteroatoms. The second kappa shape index (κ2) is 7.15. The van der Waals surface area contributed by atoms with Crippen molar-refractivity contribution in [1.82, 2.24) is 10.3 Å². The molecular weight excluding hydrogens is 280 g/mol. The largest absolute Gasteiger partial charge is 0.352 e. The van der Waals surface area contributed by atoms with Crippen LogP contribution >= 0.6 is 23.4 Å². The topological polar surface area (TPSA) is 42.0 Å². The second-order valence-corrected chi connectivity index (χ2v) is 6.63. The average molecular weight is 299 g/mol. The zero-order valence-electron chi connectivity index (χ0n) is 11.1. The fraction of sp³-hybridized carbons (Fsp3) is 0.571. The van der Waals surface area contributed by atoms with E-state index < -0.39 is 0 Å². The summed E-state index contributed by atoms with van der Waals surface area (Å²) in [4.78, 5) is 16.3. The summed E-state index contributed by atoms with van der Waals surface area (Å²) in [6.07, 6.45) is 7.64. The van der Waals surface area contributed by atoms with Crippen molar-refractivity contribution in [1.29, 1.82) is 0 Å². The van der Waals surface area contributed by atoms with Gasteiger partial charge < -0.3 is 5.32 Å². The Morgan fingerprint density at radius 2 is 2.21 bits per heavy atom. The van der Waals surface area contributed by atoms with Gasteiger partial charge in [-0.25, -0.2) is 4.98 Å². The lowest BCUT2D eigenvalue weighted by Gasteiger charge is -2.24. The summed E-state index contributed by atoms with van der Waals surface area (Å²) in [5, 5.41) is 4.28. The third-order valence-corrected chi connectivity index (χ3v) is 4.87. The number of thioether (sulfide) groups is 1. The summed E-state index contributed by atoms with van der Waals surface area (Å²) in [5.41, 5.74) is 0. The molecule has 1 N–H and O–H groups in total. The van der Waals surface area contributed by atoms with Crippen LogP contribution < -0.4 is 5.32 Å². The van der Waals surface area contributed by atoms with Gasteiger partial charge in [0.05, 0.1) is 10.3 Å². The van der Waals surface area contributed by atoms with Gasteiger partial charge in [0, 0.05) is 12.2 Å². The van der Waals surface area contributed by atoms with Crippen molar-refractivity contribution in [2.45, 2.75) is 55.3 Å². The maximum atomic E-state index is 12.1. The zero-order chi connectivity index (χ0) is 13.7. The van der Waals surface area contributed by atoms with Gasteiger partial charge in [-0.1, -0.05) is 42.6 Å². The standard InChI is InChI=1S/C14H19ClN2OS/c1-10(19-14-12(15)8-5-9-16-14)13(18)17-11-6-3-2-4-7-11/h5,8-11H,2-4,6-7H2,1H3,(H,17,18)/t10-/m0/s1. The first-order valence-corrected chi connectivity index (χ1v) is 8.00. The lowest BCUT2D eigenvalue weighted by Crippen LogP contribution is -2.40. The summed E-state index contributed by atoms with van der Waals surface area (Å²) in [6.45, 7) is 1.90. The zero-order valence-corrected chi connectivity index (χ0v) is 12.6. The Morgan fingerprint density at radius 1 is 1.47 bits per heavy atom. The highest BCUT2D eigenvalue weighted by molar-refractivity contribution is 8.00. The Morgan fingerprint density at radius 3 is 2.89 bits per heavy atom. The highest BCUT2D eigenvalue weighted by Gasteiger charge is 2.21. The fourth-order valence-corrected chi connectivity index (χ4v) is 3.31. The normalized spacial score (nSPS) is 18.0. The first kappa shape index (κ1) is 14.7. The SMILES string of the molecule is C[C@H](Sc1ncccc1Cl)C(=O)NC1CCCCC1. The molecule has 1 amide bonds. The second-order valence-electron chi connectivity index (χ2n) is 4.89. The number of carbonyl (C=O) groups excluding carboxylic acids is 1. The number of halogens is 1. The van der Waals surface area contributed by atoms with Crippen molar-refractivity contribution in [3.8, 4) is 0 Å². The van der Waals surface area contributed by atoms with Crippen molar-refractivity contribution in [3.63, 3.8) is 0 Å². The summed E-state index contributed by atoms with van der Waals surface area (Å²) >= 11 is 7.46. The van der Waals surface area contributed by atoms with Crippen molar-refractivity contribution < 1.29 is 4.79 Å². The first-order chi connectivity index (χ1) is 9.16. The number of rotatable bonds is 4. The van der Waals surface area contributed by atoms with Crippen molar-refractivity contribution >= 4 is 29.3 Å². The molecule has 0 saturated heterocycles. The molecule has 1 fully saturated rings. The van der Waals surface area contributed by atoms with Crippen molar-refractivity contribution in [2.24, 2.45) is 0 Å². The number of nitrogens with zero attached hydrogens (tertiary/aromatic N) is 1. The van der Waals surface area contributed by atoms with E-state index in [1.54, 1.807) is 18.3 Å². The van der Waals surface area contributed by atoms with Crippen LogP contribution in [0.5, 0.6) is 0 Å². The Balaban J connectivity index is 1.87. The summed E-state index contributed by atoms with van der Waals surface area (Å²) in [7, 11) is 0. The number of hydrogen-bond donors (Lipinski definition) is 1. The first-order valence-electron chi connectivity index (χ1n) is 6.74. The summed E-state index contributed by atoms with van der Waals surface area (Å²) < 4.78 is 0. The number of nitrogens with one attached hydrogen (secondary N) is 1. The van der Waals surface area contributed by atoms with Gasteiger partial charge in [0.15, 0.2) is 0 Å². The van der Waals surface area contributed by atoms with Crippen LogP contribution in [0.3, 0.4) is 0 Å². The van der Waals surface area contributed by atoms with Gasteiger partial charge in [-0.3, -0.25) is 4.79 Å². The molecule has 2 rings (SSSR count). The summed E-state index contributed by atoms with van der Waals surface area (Å²) in [5.74, 6) is 0.0821. The monoisotopic (exact) mass is 298 g/mol. The minimum Gasteiger partial charge on any atom is -0.352 e. The maximum Gasteiger partial charge on any atom is 0.233 e. The Kier molecular flexibility index (Phi) is 5.52. The van der Waals surface area contributed by atoms with Gasteiger partial charge in [0.2, 0.25) is 5.91 Å². The average Bonchev–Trinajstić information content (AvgIpc) is 2.42. The highest BCUT2D eigenvalue weighted by Crippen LogP contribution is 2.28. The lowest BCUT2D eigenvalue weighted by atomic mass is 9.95. The van der Waals surface area contributed by atoms with Crippen LogP contribution in [-0.4, -0.2) is 22.2 Å². The van der Waals surface area contributed by atoms with E-state index >= 15 is 0 Å². The molecule has 1 aromatic rings.